The molecule has 0 aromatic heterocycles. The van der Waals surface area contributed by atoms with Crippen LogP contribution in [-0.2, 0) is 11.2 Å². The van der Waals surface area contributed by atoms with E-state index in [0.717, 1.165) is 43.6 Å². The fourth-order valence-electron chi connectivity index (χ4n) is 4.21. The molecule has 0 atom stereocenters. The summed E-state index contributed by atoms with van der Waals surface area (Å²) < 4.78 is 0. The van der Waals surface area contributed by atoms with Gasteiger partial charge in [0.1, 0.15) is 5.75 Å². The van der Waals surface area contributed by atoms with E-state index in [4.69, 9.17) is 0 Å². The highest BCUT2D eigenvalue weighted by atomic mass is 16.3. The summed E-state index contributed by atoms with van der Waals surface area (Å²) in [5.74, 6) is 7.05. The van der Waals surface area contributed by atoms with Crippen LogP contribution in [0.3, 0.4) is 0 Å². The van der Waals surface area contributed by atoms with Crippen LogP contribution in [0.25, 0.3) is 0 Å². The number of phenolic OH excluding ortho intramolecular Hbond substituents is 1. The SMILES string of the molecule is CC(=O)Nc1ccc(CC#CCN2CCCC2)c(C2CCCCC2)c1O. The number of carbonyl (C=O) groups excluding carboxylic acids is 1. The van der Waals surface area contributed by atoms with Gasteiger partial charge in [-0.2, -0.15) is 0 Å². The predicted octanol–water partition coefficient (Wildman–Crippen LogP) is 4.04. The molecule has 3 rings (SSSR count). The minimum Gasteiger partial charge on any atom is -0.505 e. The summed E-state index contributed by atoms with van der Waals surface area (Å²) in [6.07, 6.45) is 9.11. The van der Waals surface area contributed by atoms with Gasteiger partial charge in [0, 0.05) is 18.9 Å². The van der Waals surface area contributed by atoms with E-state index >= 15 is 0 Å². The second-order valence-electron chi connectivity index (χ2n) is 7.56. The molecule has 2 fully saturated rings. The zero-order valence-corrected chi connectivity index (χ0v) is 15.8. The highest BCUT2D eigenvalue weighted by Gasteiger charge is 2.23. The lowest BCUT2D eigenvalue weighted by Gasteiger charge is -2.26. The molecule has 1 amide bonds. The van der Waals surface area contributed by atoms with Crippen LogP contribution in [-0.4, -0.2) is 35.5 Å². The maximum atomic E-state index is 11.4. The number of carbonyl (C=O) groups is 1. The van der Waals surface area contributed by atoms with Crippen LogP contribution >= 0.6 is 0 Å². The molecular formula is C22H30N2O2. The summed E-state index contributed by atoms with van der Waals surface area (Å²) >= 11 is 0. The maximum absolute atomic E-state index is 11.4. The van der Waals surface area contributed by atoms with E-state index in [-0.39, 0.29) is 11.7 Å². The molecule has 2 aliphatic rings. The highest BCUT2D eigenvalue weighted by Crippen LogP contribution is 2.42. The standard InChI is InChI=1S/C22H30N2O2/c1-17(25)23-20-13-12-19(11-5-6-14-24-15-7-8-16-24)21(22(20)26)18-9-3-2-4-10-18/h12-13,18,26H,2-4,7-11,14-16H2,1H3,(H,23,25). The van der Waals surface area contributed by atoms with E-state index in [9.17, 15) is 9.90 Å². The minimum atomic E-state index is -0.159. The van der Waals surface area contributed by atoms with Crippen LogP contribution in [0.4, 0.5) is 5.69 Å². The molecule has 1 aliphatic carbocycles. The number of anilines is 1. The molecule has 140 valence electrons. The van der Waals surface area contributed by atoms with Crippen LogP contribution in [0.5, 0.6) is 5.75 Å². The quantitative estimate of drug-likeness (QED) is 0.634. The molecule has 26 heavy (non-hydrogen) atoms. The summed E-state index contributed by atoms with van der Waals surface area (Å²) in [7, 11) is 0. The normalized spacial score (nSPS) is 18.3. The Bertz CT molecular complexity index is 690. The molecule has 0 radical (unpaired) electrons. The van der Waals surface area contributed by atoms with Crippen molar-refractivity contribution in [3.05, 3.63) is 23.3 Å². The molecule has 0 unspecified atom stereocenters. The summed E-state index contributed by atoms with van der Waals surface area (Å²) in [5.41, 5.74) is 2.63. The zero-order valence-electron chi connectivity index (χ0n) is 15.8. The Balaban J connectivity index is 1.79. The van der Waals surface area contributed by atoms with Crippen molar-refractivity contribution in [2.75, 3.05) is 25.0 Å². The number of rotatable bonds is 4. The number of aromatic hydroxyl groups is 1. The molecule has 1 aromatic rings. The lowest BCUT2D eigenvalue weighted by Crippen LogP contribution is -2.19. The van der Waals surface area contributed by atoms with Gasteiger partial charge in [-0.1, -0.05) is 37.2 Å². The summed E-state index contributed by atoms with van der Waals surface area (Å²) in [6.45, 7) is 4.63. The average Bonchev–Trinajstić information content (AvgIpc) is 3.15. The number of nitrogens with zero attached hydrogens (tertiary/aromatic N) is 1. The molecule has 0 spiro atoms. The Morgan fingerprint density at radius 2 is 1.88 bits per heavy atom. The zero-order chi connectivity index (χ0) is 18.4. The molecule has 2 N–H and O–H groups in total. The molecule has 1 aliphatic heterocycles. The third kappa shape index (κ3) is 4.80. The molecule has 4 heteroatoms. The van der Waals surface area contributed by atoms with Crippen LogP contribution in [0, 0.1) is 11.8 Å². The van der Waals surface area contributed by atoms with Crippen molar-refractivity contribution in [2.45, 2.75) is 64.2 Å². The maximum Gasteiger partial charge on any atom is 0.221 e. The van der Waals surface area contributed by atoms with E-state index < -0.39 is 0 Å². The molecular weight excluding hydrogens is 324 g/mol. The number of phenols is 1. The molecule has 1 heterocycles. The van der Waals surface area contributed by atoms with E-state index in [1.54, 1.807) is 6.07 Å². The number of likely N-dealkylation sites (tertiary alicyclic amines) is 1. The van der Waals surface area contributed by atoms with E-state index in [0.29, 0.717) is 18.0 Å². The van der Waals surface area contributed by atoms with Crippen molar-refractivity contribution in [1.29, 1.82) is 0 Å². The molecule has 4 nitrogen and oxygen atoms in total. The first-order valence-corrected chi connectivity index (χ1v) is 9.95. The van der Waals surface area contributed by atoms with E-state index in [1.807, 2.05) is 6.07 Å². The third-order valence-corrected chi connectivity index (χ3v) is 5.54. The predicted molar refractivity (Wildman–Crippen MR) is 105 cm³/mol. The second kappa shape index (κ2) is 9.09. The number of amides is 1. The minimum absolute atomic E-state index is 0.159. The molecule has 0 bridgehead atoms. The Hall–Kier alpha value is -1.99. The monoisotopic (exact) mass is 354 g/mol. The smallest absolute Gasteiger partial charge is 0.221 e. The van der Waals surface area contributed by atoms with Crippen molar-refractivity contribution in [3.8, 4) is 17.6 Å². The van der Waals surface area contributed by atoms with Crippen molar-refractivity contribution in [3.63, 3.8) is 0 Å². The fourth-order valence-corrected chi connectivity index (χ4v) is 4.21. The fraction of sp³-hybridized carbons (Fsp3) is 0.591. The van der Waals surface area contributed by atoms with Crippen LogP contribution < -0.4 is 5.32 Å². The van der Waals surface area contributed by atoms with E-state index in [2.05, 4.69) is 22.1 Å². The highest BCUT2D eigenvalue weighted by molar-refractivity contribution is 5.90. The van der Waals surface area contributed by atoms with Gasteiger partial charge in [-0.25, -0.2) is 0 Å². The second-order valence-corrected chi connectivity index (χ2v) is 7.56. The Kier molecular flexibility index (Phi) is 6.57. The third-order valence-electron chi connectivity index (χ3n) is 5.54. The van der Waals surface area contributed by atoms with Gasteiger partial charge in [-0.3, -0.25) is 9.69 Å². The number of hydrogen-bond acceptors (Lipinski definition) is 3. The van der Waals surface area contributed by atoms with Crippen molar-refractivity contribution < 1.29 is 9.90 Å². The number of benzene rings is 1. The van der Waals surface area contributed by atoms with Gasteiger partial charge in [0.2, 0.25) is 5.91 Å². The topological polar surface area (TPSA) is 52.6 Å². The van der Waals surface area contributed by atoms with Gasteiger partial charge in [0.05, 0.1) is 12.2 Å². The van der Waals surface area contributed by atoms with Crippen molar-refractivity contribution in [2.24, 2.45) is 0 Å². The summed E-state index contributed by atoms with van der Waals surface area (Å²) in [4.78, 5) is 13.8. The van der Waals surface area contributed by atoms with Crippen molar-refractivity contribution in [1.82, 2.24) is 4.90 Å². The average molecular weight is 354 g/mol. The number of nitrogens with one attached hydrogen (secondary N) is 1. The largest absolute Gasteiger partial charge is 0.505 e. The molecule has 1 saturated heterocycles. The molecule has 1 saturated carbocycles. The van der Waals surface area contributed by atoms with Gasteiger partial charge in [-0.15, -0.1) is 0 Å². The van der Waals surface area contributed by atoms with Crippen LogP contribution in [0.15, 0.2) is 12.1 Å². The summed E-state index contributed by atoms with van der Waals surface area (Å²) in [5, 5.41) is 13.6. The lowest BCUT2D eigenvalue weighted by atomic mass is 9.80. The Labute approximate surface area is 157 Å². The number of hydrogen-bond donors (Lipinski definition) is 2. The Morgan fingerprint density at radius 1 is 1.15 bits per heavy atom. The van der Waals surface area contributed by atoms with Gasteiger partial charge < -0.3 is 10.4 Å². The van der Waals surface area contributed by atoms with Gasteiger partial charge in [-0.05, 0) is 56.3 Å². The van der Waals surface area contributed by atoms with E-state index in [1.165, 1.54) is 39.0 Å². The first-order chi connectivity index (χ1) is 12.6. The summed E-state index contributed by atoms with van der Waals surface area (Å²) in [6, 6.07) is 3.83. The lowest BCUT2D eigenvalue weighted by molar-refractivity contribution is -0.114. The molecule has 1 aromatic carbocycles. The van der Waals surface area contributed by atoms with Gasteiger partial charge in [0.25, 0.3) is 0 Å². The van der Waals surface area contributed by atoms with Gasteiger partial charge >= 0.3 is 0 Å². The van der Waals surface area contributed by atoms with Crippen LogP contribution in [0.1, 0.15) is 68.9 Å². The van der Waals surface area contributed by atoms with Crippen LogP contribution in [0.2, 0.25) is 0 Å². The van der Waals surface area contributed by atoms with Crippen molar-refractivity contribution >= 4 is 11.6 Å². The van der Waals surface area contributed by atoms with Gasteiger partial charge in [0.15, 0.2) is 0 Å². The first-order valence-electron chi connectivity index (χ1n) is 9.95. The first kappa shape index (κ1) is 18.8. The Morgan fingerprint density at radius 3 is 2.58 bits per heavy atom.